The molecule has 2 N–H and O–H groups in total. The van der Waals surface area contributed by atoms with Gasteiger partial charge in [-0.05, 0) is 58.9 Å². The van der Waals surface area contributed by atoms with Crippen molar-refractivity contribution in [1.29, 1.82) is 0 Å². The van der Waals surface area contributed by atoms with E-state index >= 15 is 0 Å². The molecule has 1 amide bonds. The predicted molar refractivity (Wildman–Crippen MR) is 129 cm³/mol. The topological polar surface area (TPSA) is 137 Å². The van der Waals surface area contributed by atoms with Gasteiger partial charge in [0.25, 0.3) is 0 Å². The molecule has 0 fully saturated rings. The molecule has 0 atom stereocenters. The minimum atomic E-state index is -0.970. The van der Waals surface area contributed by atoms with E-state index in [0.29, 0.717) is 11.4 Å². The molecule has 4 aromatic heterocycles. The number of anilines is 1. The van der Waals surface area contributed by atoms with Crippen molar-refractivity contribution in [2.24, 2.45) is 0 Å². The fourth-order valence-corrected chi connectivity index (χ4v) is 3.04. The van der Waals surface area contributed by atoms with Crippen LogP contribution >= 0.6 is 0 Å². The average molecular weight is 478 g/mol. The molecule has 0 aromatic carbocycles. The minimum absolute atomic E-state index is 0.207. The van der Waals surface area contributed by atoms with Crippen LogP contribution in [0.5, 0.6) is 0 Å². The molecular formula is C24H27N7O4. The summed E-state index contributed by atoms with van der Waals surface area (Å²) in [5, 5.41) is 19.8. The zero-order valence-electron chi connectivity index (χ0n) is 20.1. The lowest BCUT2D eigenvalue weighted by Crippen LogP contribution is -2.27. The summed E-state index contributed by atoms with van der Waals surface area (Å²) in [6, 6.07) is 7.32. The lowest BCUT2D eigenvalue weighted by Gasteiger charge is -2.19. The highest BCUT2D eigenvalue weighted by Gasteiger charge is 2.18. The monoisotopic (exact) mass is 477 g/mol. The van der Waals surface area contributed by atoms with Crippen molar-refractivity contribution >= 4 is 17.7 Å². The number of rotatable bonds is 4. The number of aromatic nitrogens is 6. The molecule has 0 aliphatic rings. The van der Waals surface area contributed by atoms with Crippen molar-refractivity contribution in [3.63, 3.8) is 0 Å². The number of carbonyl (C=O) groups excluding carboxylic acids is 1. The lowest BCUT2D eigenvalue weighted by molar-refractivity contribution is 0.0634. The Kier molecular flexibility index (Phi) is 7.59. The molecule has 11 nitrogen and oxygen atoms in total. The standard InChI is InChI=1S/C14H18N4O2.C10H9N3O2/c1-10-12(17-13(19)20-14(2,3)4)9-16-18(10)11-6-5-7-15-8-11;1-7-9(10(14)15)6-12-13(7)8-3-2-4-11-5-8/h5-9H,1-4H3,(H,17,19);2-6H,1H3,(H,14,15). The summed E-state index contributed by atoms with van der Waals surface area (Å²) in [4.78, 5) is 30.5. The second-order valence-corrected chi connectivity index (χ2v) is 8.47. The third-order valence-electron chi connectivity index (χ3n) is 4.67. The van der Waals surface area contributed by atoms with Gasteiger partial charge in [-0.15, -0.1) is 0 Å². The summed E-state index contributed by atoms with van der Waals surface area (Å²) in [5.41, 5.74) is 3.28. The van der Waals surface area contributed by atoms with Gasteiger partial charge in [-0.2, -0.15) is 10.2 Å². The Hall–Kier alpha value is -4.54. The first kappa shape index (κ1) is 25.1. The first-order chi connectivity index (χ1) is 16.6. The van der Waals surface area contributed by atoms with Gasteiger partial charge in [-0.1, -0.05) is 0 Å². The number of aromatic carboxylic acids is 1. The normalized spacial score (nSPS) is 10.8. The number of nitrogens with one attached hydrogen (secondary N) is 1. The van der Waals surface area contributed by atoms with Crippen LogP contribution in [0.3, 0.4) is 0 Å². The number of hydrogen-bond donors (Lipinski definition) is 2. The van der Waals surface area contributed by atoms with Crippen molar-refractivity contribution in [1.82, 2.24) is 29.5 Å². The van der Waals surface area contributed by atoms with Crippen LogP contribution in [0.1, 0.15) is 42.5 Å². The van der Waals surface area contributed by atoms with Crippen molar-refractivity contribution < 1.29 is 19.4 Å². The SMILES string of the molecule is Cc1c(C(=O)O)cnn1-c1cccnc1.Cc1c(NC(=O)OC(C)(C)C)cnn1-c1cccnc1. The third-order valence-corrected chi connectivity index (χ3v) is 4.67. The van der Waals surface area contributed by atoms with E-state index in [1.807, 2.05) is 45.9 Å². The number of carboxylic acids is 1. The molecule has 182 valence electrons. The molecule has 0 aliphatic carbocycles. The van der Waals surface area contributed by atoms with Crippen LogP contribution in [0.4, 0.5) is 10.5 Å². The van der Waals surface area contributed by atoms with Gasteiger partial charge in [0.05, 0.1) is 53.2 Å². The summed E-state index contributed by atoms with van der Waals surface area (Å²) in [6.45, 7) is 9.03. The van der Waals surface area contributed by atoms with Crippen LogP contribution in [-0.4, -0.2) is 52.3 Å². The van der Waals surface area contributed by atoms with Gasteiger partial charge >= 0.3 is 12.1 Å². The highest BCUT2D eigenvalue weighted by atomic mass is 16.6. The summed E-state index contributed by atoms with van der Waals surface area (Å²) in [6.07, 6.45) is 9.12. The van der Waals surface area contributed by atoms with Gasteiger partial charge in [-0.25, -0.2) is 19.0 Å². The molecule has 4 aromatic rings. The zero-order valence-corrected chi connectivity index (χ0v) is 20.1. The maximum atomic E-state index is 11.7. The van der Waals surface area contributed by atoms with E-state index in [1.54, 1.807) is 53.3 Å². The lowest BCUT2D eigenvalue weighted by atomic mass is 10.2. The predicted octanol–water partition coefficient (Wildman–Crippen LogP) is 4.20. The van der Waals surface area contributed by atoms with Crippen LogP contribution in [-0.2, 0) is 4.74 Å². The maximum Gasteiger partial charge on any atom is 0.412 e. The van der Waals surface area contributed by atoms with Gasteiger partial charge < -0.3 is 9.84 Å². The minimum Gasteiger partial charge on any atom is -0.478 e. The molecule has 0 aliphatic heterocycles. The molecule has 0 radical (unpaired) electrons. The van der Waals surface area contributed by atoms with Crippen LogP contribution in [0.25, 0.3) is 11.4 Å². The molecule has 11 heteroatoms. The molecular weight excluding hydrogens is 450 g/mol. The smallest absolute Gasteiger partial charge is 0.412 e. The van der Waals surface area contributed by atoms with Gasteiger partial charge in [0, 0.05) is 12.4 Å². The second-order valence-electron chi connectivity index (χ2n) is 8.47. The van der Waals surface area contributed by atoms with E-state index in [-0.39, 0.29) is 5.56 Å². The third kappa shape index (κ3) is 6.50. The average Bonchev–Trinajstić information content (AvgIpc) is 3.37. The Morgan fingerprint density at radius 3 is 1.89 bits per heavy atom. The van der Waals surface area contributed by atoms with Crippen LogP contribution in [0.2, 0.25) is 0 Å². The van der Waals surface area contributed by atoms with Crippen molar-refractivity contribution in [2.75, 3.05) is 5.32 Å². The summed E-state index contributed by atoms with van der Waals surface area (Å²) in [7, 11) is 0. The zero-order chi connectivity index (χ0) is 25.6. The van der Waals surface area contributed by atoms with Crippen LogP contribution < -0.4 is 5.32 Å². The van der Waals surface area contributed by atoms with Gasteiger partial charge in [0.15, 0.2) is 0 Å². The van der Waals surface area contributed by atoms with Crippen molar-refractivity contribution in [3.8, 4) is 11.4 Å². The highest BCUT2D eigenvalue weighted by molar-refractivity contribution is 5.88. The Balaban J connectivity index is 0.000000203. The van der Waals surface area contributed by atoms with Crippen LogP contribution in [0, 0.1) is 13.8 Å². The van der Waals surface area contributed by atoms with E-state index in [2.05, 4.69) is 25.5 Å². The second kappa shape index (κ2) is 10.6. The number of nitrogens with zero attached hydrogens (tertiary/aromatic N) is 6. The Labute approximate surface area is 202 Å². The largest absolute Gasteiger partial charge is 0.478 e. The van der Waals surface area contributed by atoms with Crippen molar-refractivity contribution in [2.45, 2.75) is 40.2 Å². The molecule has 4 heterocycles. The number of amides is 1. The van der Waals surface area contributed by atoms with E-state index < -0.39 is 17.7 Å². The van der Waals surface area contributed by atoms with E-state index in [4.69, 9.17) is 9.84 Å². The molecule has 0 bridgehead atoms. The molecule has 0 spiro atoms. The van der Waals surface area contributed by atoms with E-state index in [0.717, 1.165) is 17.1 Å². The summed E-state index contributed by atoms with van der Waals surface area (Å²) >= 11 is 0. The number of hydrogen-bond acceptors (Lipinski definition) is 7. The first-order valence-corrected chi connectivity index (χ1v) is 10.7. The number of carboxylic acid groups (broad SMARTS) is 1. The first-order valence-electron chi connectivity index (χ1n) is 10.7. The Morgan fingerprint density at radius 1 is 0.886 bits per heavy atom. The fourth-order valence-electron chi connectivity index (χ4n) is 3.04. The van der Waals surface area contributed by atoms with Gasteiger partial charge in [0.1, 0.15) is 11.2 Å². The Morgan fingerprint density at radius 2 is 1.43 bits per heavy atom. The van der Waals surface area contributed by atoms with Crippen molar-refractivity contribution in [3.05, 3.63) is 78.4 Å². The number of pyridine rings is 2. The van der Waals surface area contributed by atoms with E-state index in [1.165, 1.54) is 6.20 Å². The van der Waals surface area contributed by atoms with Gasteiger partial charge in [0.2, 0.25) is 0 Å². The van der Waals surface area contributed by atoms with Crippen LogP contribution in [0.15, 0.2) is 61.4 Å². The fraction of sp³-hybridized carbons (Fsp3) is 0.250. The highest BCUT2D eigenvalue weighted by Crippen LogP contribution is 2.19. The Bertz CT molecular complexity index is 1290. The summed E-state index contributed by atoms with van der Waals surface area (Å²) < 4.78 is 8.47. The number of ether oxygens (including phenoxy) is 1. The van der Waals surface area contributed by atoms with Gasteiger partial charge in [-0.3, -0.25) is 15.3 Å². The molecule has 35 heavy (non-hydrogen) atoms. The number of carbonyl (C=O) groups is 2. The van der Waals surface area contributed by atoms with E-state index in [9.17, 15) is 9.59 Å². The molecule has 0 saturated carbocycles. The molecule has 4 rings (SSSR count). The summed E-state index contributed by atoms with van der Waals surface area (Å²) in [5.74, 6) is -0.970. The molecule has 0 unspecified atom stereocenters. The maximum absolute atomic E-state index is 11.7. The molecule has 0 saturated heterocycles. The quantitative estimate of drug-likeness (QED) is 0.446.